The molecule has 0 saturated carbocycles. The van der Waals surface area contributed by atoms with E-state index in [9.17, 15) is 4.39 Å². The van der Waals surface area contributed by atoms with Crippen molar-refractivity contribution < 1.29 is 9.13 Å². The van der Waals surface area contributed by atoms with Gasteiger partial charge >= 0.3 is 0 Å². The second kappa shape index (κ2) is 13.7. The number of ether oxygens (including phenoxy) is 1. The Balaban J connectivity index is 0.000000357. The van der Waals surface area contributed by atoms with Crippen molar-refractivity contribution in [2.24, 2.45) is 5.92 Å². The van der Waals surface area contributed by atoms with Crippen LogP contribution in [0.4, 0.5) is 4.39 Å². The van der Waals surface area contributed by atoms with Gasteiger partial charge in [-0.25, -0.2) is 4.39 Å². The van der Waals surface area contributed by atoms with E-state index >= 15 is 0 Å². The van der Waals surface area contributed by atoms with Gasteiger partial charge in [-0.2, -0.15) is 15.4 Å². The van der Waals surface area contributed by atoms with E-state index < -0.39 is 0 Å². The number of nitrogens with one attached hydrogen (secondary N) is 1. The number of pyridine rings is 1. The average molecular weight is 427 g/mol. The van der Waals surface area contributed by atoms with Gasteiger partial charge in [0.1, 0.15) is 17.2 Å². The maximum Gasteiger partial charge on any atom is 0.132 e. The predicted octanol–water partition coefficient (Wildman–Crippen LogP) is 6.38. The summed E-state index contributed by atoms with van der Waals surface area (Å²) in [6, 6.07) is 10.6. The van der Waals surface area contributed by atoms with Crippen LogP contribution in [0.25, 0.3) is 11.3 Å². The highest BCUT2D eigenvalue weighted by Crippen LogP contribution is 2.24. The summed E-state index contributed by atoms with van der Waals surface area (Å²) < 4.78 is 19.9. The van der Waals surface area contributed by atoms with Gasteiger partial charge in [0.15, 0.2) is 0 Å². The number of hydrogen-bond acceptors (Lipinski definition) is 4. The van der Waals surface area contributed by atoms with E-state index in [1.54, 1.807) is 24.4 Å². The van der Waals surface area contributed by atoms with Crippen molar-refractivity contribution in [2.45, 2.75) is 72.5 Å². The fourth-order valence-electron chi connectivity index (χ4n) is 3.11. The maximum atomic E-state index is 13.9. The Labute approximate surface area is 185 Å². The predicted molar refractivity (Wildman–Crippen MR) is 123 cm³/mol. The Morgan fingerprint density at radius 3 is 2.42 bits per heavy atom. The van der Waals surface area contributed by atoms with E-state index in [0.717, 1.165) is 25.7 Å². The summed E-state index contributed by atoms with van der Waals surface area (Å²) in [4.78, 5) is 3.96. The highest BCUT2D eigenvalue weighted by atomic mass is 19.1. The van der Waals surface area contributed by atoms with Gasteiger partial charge in [0, 0.05) is 18.0 Å². The van der Waals surface area contributed by atoms with E-state index in [0.29, 0.717) is 29.5 Å². The summed E-state index contributed by atoms with van der Waals surface area (Å²) in [5, 5.41) is 10.8. The Morgan fingerprint density at radius 1 is 1.00 bits per heavy atom. The molecule has 2 atom stereocenters. The van der Waals surface area contributed by atoms with Crippen LogP contribution < -0.4 is 0 Å². The number of aromatic nitrogens is 4. The third kappa shape index (κ3) is 8.21. The molecule has 0 saturated heterocycles. The molecule has 6 heteroatoms. The van der Waals surface area contributed by atoms with Crippen molar-refractivity contribution in [3.05, 3.63) is 65.9 Å². The van der Waals surface area contributed by atoms with E-state index in [2.05, 4.69) is 54.2 Å². The van der Waals surface area contributed by atoms with Gasteiger partial charge in [-0.15, -0.1) is 0 Å². The Kier molecular flexibility index (Phi) is 10.9. The van der Waals surface area contributed by atoms with Crippen LogP contribution in [0, 0.1) is 11.7 Å². The van der Waals surface area contributed by atoms with E-state index in [4.69, 9.17) is 4.74 Å². The molecule has 0 fully saturated rings. The molecule has 2 unspecified atom stereocenters. The lowest BCUT2D eigenvalue weighted by Crippen LogP contribution is -2.13. The molecule has 1 N–H and O–H groups in total. The van der Waals surface area contributed by atoms with Gasteiger partial charge in [0.25, 0.3) is 0 Å². The lowest BCUT2D eigenvalue weighted by Gasteiger charge is -2.17. The first-order valence-corrected chi connectivity index (χ1v) is 11.2. The molecule has 0 bridgehead atoms. The van der Waals surface area contributed by atoms with Crippen LogP contribution in [0.1, 0.15) is 64.6 Å². The normalized spacial score (nSPS) is 12.7. The smallest absolute Gasteiger partial charge is 0.132 e. The lowest BCUT2D eigenvalue weighted by atomic mass is 9.99. The number of nitrogens with zero attached hydrogens (tertiary/aromatic N) is 3. The second-order valence-electron chi connectivity index (χ2n) is 7.75. The van der Waals surface area contributed by atoms with Crippen molar-refractivity contribution in [1.29, 1.82) is 0 Å². The molecule has 31 heavy (non-hydrogen) atoms. The molecule has 3 aromatic rings. The molecule has 0 radical (unpaired) electrons. The van der Waals surface area contributed by atoms with Crippen LogP contribution in [-0.4, -0.2) is 26.5 Å². The monoisotopic (exact) mass is 426 g/mol. The first kappa shape index (κ1) is 24.7. The molecule has 0 aliphatic heterocycles. The van der Waals surface area contributed by atoms with E-state index in [1.165, 1.54) is 18.1 Å². The SMILES string of the molecule is CCC(C)CCC(CC)OCc1n[nH]nc1-c1ccccc1F.CCc1cccnc1. The lowest BCUT2D eigenvalue weighted by molar-refractivity contribution is 0.0273. The Hall–Kier alpha value is -2.60. The molecule has 2 heterocycles. The second-order valence-corrected chi connectivity index (χ2v) is 7.75. The summed E-state index contributed by atoms with van der Waals surface area (Å²) in [5.74, 6) is 0.417. The van der Waals surface area contributed by atoms with Gasteiger partial charge in [-0.05, 0) is 55.4 Å². The molecule has 168 valence electrons. The van der Waals surface area contributed by atoms with Crippen LogP contribution in [0.15, 0.2) is 48.8 Å². The number of benzene rings is 1. The summed E-state index contributed by atoms with van der Waals surface area (Å²) in [6.45, 7) is 9.07. The van der Waals surface area contributed by atoms with E-state index in [-0.39, 0.29) is 11.9 Å². The highest BCUT2D eigenvalue weighted by Gasteiger charge is 2.16. The molecule has 0 aliphatic carbocycles. The number of aryl methyl sites for hydroxylation is 1. The highest BCUT2D eigenvalue weighted by molar-refractivity contribution is 5.61. The minimum atomic E-state index is -0.300. The van der Waals surface area contributed by atoms with Crippen molar-refractivity contribution in [3.8, 4) is 11.3 Å². The zero-order chi connectivity index (χ0) is 22.5. The summed E-state index contributed by atoms with van der Waals surface area (Å²) >= 11 is 0. The number of halogens is 1. The van der Waals surface area contributed by atoms with Crippen LogP contribution in [-0.2, 0) is 17.8 Å². The fraction of sp³-hybridized carbons (Fsp3) is 0.480. The van der Waals surface area contributed by atoms with Gasteiger partial charge in [-0.3, -0.25) is 4.98 Å². The minimum Gasteiger partial charge on any atom is -0.372 e. The summed E-state index contributed by atoms with van der Waals surface area (Å²) in [6.07, 6.45) is 9.31. The van der Waals surface area contributed by atoms with Crippen LogP contribution >= 0.6 is 0 Å². The quantitative estimate of drug-likeness (QED) is 0.409. The number of rotatable bonds is 10. The molecule has 5 nitrogen and oxygen atoms in total. The van der Waals surface area contributed by atoms with Gasteiger partial charge in [0.2, 0.25) is 0 Å². The number of hydrogen-bond donors (Lipinski definition) is 1. The maximum absolute atomic E-state index is 13.9. The number of aromatic amines is 1. The Bertz CT molecular complexity index is 869. The van der Waals surface area contributed by atoms with Crippen LogP contribution in [0.3, 0.4) is 0 Å². The van der Waals surface area contributed by atoms with Crippen molar-refractivity contribution >= 4 is 0 Å². The summed E-state index contributed by atoms with van der Waals surface area (Å²) in [7, 11) is 0. The first-order chi connectivity index (χ1) is 15.1. The van der Waals surface area contributed by atoms with E-state index in [1.807, 2.05) is 12.3 Å². The largest absolute Gasteiger partial charge is 0.372 e. The minimum absolute atomic E-state index is 0.203. The molecule has 1 aromatic carbocycles. The van der Waals surface area contributed by atoms with Crippen molar-refractivity contribution in [2.75, 3.05) is 0 Å². The molecule has 0 aliphatic rings. The topological polar surface area (TPSA) is 63.7 Å². The molecule has 0 amide bonds. The molecule has 3 rings (SSSR count). The average Bonchev–Trinajstić information content (AvgIpc) is 3.28. The zero-order valence-electron chi connectivity index (χ0n) is 19.1. The zero-order valence-corrected chi connectivity index (χ0v) is 19.1. The van der Waals surface area contributed by atoms with Crippen molar-refractivity contribution in [3.63, 3.8) is 0 Å². The van der Waals surface area contributed by atoms with Crippen LogP contribution in [0.2, 0.25) is 0 Å². The first-order valence-electron chi connectivity index (χ1n) is 11.2. The molecular weight excluding hydrogens is 391 g/mol. The molecular formula is C25H35FN4O. The third-order valence-corrected chi connectivity index (χ3v) is 5.47. The summed E-state index contributed by atoms with van der Waals surface area (Å²) in [5.41, 5.74) is 2.93. The van der Waals surface area contributed by atoms with Crippen LogP contribution in [0.5, 0.6) is 0 Å². The van der Waals surface area contributed by atoms with Gasteiger partial charge < -0.3 is 4.74 Å². The van der Waals surface area contributed by atoms with Gasteiger partial charge in [0.05, 0.1) is 12.7 Å². The van der Waals surface area contributed by atoms with Gasteiger partial charge in [-0.1, -0.05) is 52.3 Å². The van der Waals surface area contributed by atoms with Crippen molar-refractivity contribution in [1.82, 2.24) is 20.4 Å². The Morgan fingerprint density at radius 2 is 1.81 bits per heavy atom. The standard InChI is InChI=1S/C18H26FN3O.C7H9N/c1-4-13(3)10-11-14(5-2)23-12-17-18(21-22-20-17)15-8-6-7-9-16(15)19;1-2-7-4-3-5-8-6-7/h6-9,13-14H,4-5,10-12H2,1-3H3,(H,20,21,22);3-6H,2H2,1H3. The fourth-order valence-corrected chi connectivity index (χ4v) is 3.11. The molecule has 0 spiro atoms. The number of H-pyrrole nitrogens is 1. The third-order valence-electron chi connectivity index (χ3n) is 5.47. The molecule has 2 aromatic heterocycles.